The summed E-state index contributed by atoms with van der Waals surface area (Å²) in [4.78, 5) is 80.5. The number of esters is 1. The molecule has 1 aromatic heterocycles. The van der Waals surface area contributed by atoms with Crippen LogP contribution in [-0.4, -0.2) is 120 Å². The molecule has 0 radical (unpaired) electrons. The SMILES string of the molecule is COCCOC(=O)N1C(=O)[C@@]2(c3cc(C#CCN(C)Cc4ccccc4)ccc31)[C@H](c1ccc(O)cc1)N1[C@H](c3ccccc3)[C@H](c3ccccc3)OC(=O)[C@H]1[C@@H]2C(=O)N1CCN(c2ncccn2)CC1. The van der Waals surface area contributed by atoms with Crippen molar-refractivity contribution in [3.63, 3.8) is 0 Å². The molecule has 0 aliphatic carbocycles. The van der Waals surface area contributed by atoms with Gasteiger partial charge in [-0.1, -0.05) is 115 Å². The number of aromatic hydroxyl groups is 1. The van der Waals surface area contributed by atoms with Gasteiger partial charge in [-0.15, -0.1) is 0 Å². The summed E-state index contributed by atoms with van der Waals surface area (Å²) in [6.07, 6.45) is 1.46. The van der Waals surface area contributed by atoms with Crippen LogP contribution in [0.1, 0.15) is 51.6 Å². The Bertz CT molecular complexity index is 2950. The van der Waals surface area contributed by atoms with Gasteiger partial charge in [-0.25, -0.2) is 19.7 Å². The van der Waals surface area contributed by atoms with Crippen molar-refractivity contribution in [3.05, 3.63) is 185 Å². The van der Waals surface area contributed by atoms with Gasteiger partial charge in [0.15, 0.2) is 0 Å². The number of aromatic nitrogens is 2. The van der Waals surface area contributed by atoms with E-state index in [0.717, 1.165) is 16.0 Å². The number of methoxy groups -OCH3 is 1. The number of hydrogen-bond donors (Lipinski definition) is 1. The van der Waals surface area contributed by atoms with Gasteiger partial charge in [0, 0.05) is 57.8 Å². The van der Waals surface area contributed by atoms with Crippen LogP contribution < -0.4 is 9.80 Å². The number of nitrogens with zero attached hydrogens (tertiary/aromatic N) is 7. The Morgan fingerprint density at radius 1 is 0.789 bits per heavy atom. The molecule has 1 N–H and O–H groups in total. The lowest BCUT2D eigenvalue weighted by atomic mass is 9.65. The molecule has 4 aliphatic rings. The van der Waals surface area contributed by atoms with E-state index >= 15 is 14.4 Å². The van der Waals surface area contributed by atoms with Gasteiger partial charge >= 0.3 is 12.1 Å². The van der Waals surface area contributed by atoms with Crippen LogP contribution in [0.15, 0.2) is 152 Å². The number of morpholine rings is 1. The van der Waals surface area contributed by atoms with Gasteiger partial charge in [-0.05, 0) is 71.3 Å². The highest BCUT2D eigenvalue weighted by Gasteiger charge is 2.76. The standard InChI is InChI=1S/C56H53N7O8/c1-59(37-39-14-6-3-7-15-39)29-12-16-38-21-26-45-44(36-38)56(53(67)62(45)55(68)70-35-34-69-2)46(51(65)60-30-32-61(33-31-60)54-57-27-13-28-58-54)48-52(66)71-49(41-19-10-5-11-20-41)47(40-17-8-4-9-18-40)63(48)50(56)42-22-24-43(64)25-23-42/h3-11,13-15,17-28,36,46-50,64H,29-35,37H2,1-2H3/t46-,47-,48-,49+,50+,56-/m1/s1. The molecule has 0 saturated carbocycles. The monoisotopic (exact) mass is 951 g/mol. The fourth-order valence-electron chi connectivity index (χ4n) is 10.9. The number of anilines is 2. The Hall–Kier alpha value is -7.90. The van der Waals surface area contributed by atoms with Crippen LogP contribution in [0.2, 0.25) is 0 Å². The molecule has 5 aromatic carbocycles. The van der Waals surface area contributed by atoms with E-state index in [2.05, 4.69) is 38.8 Å². The highest BCUT2D eigenvalue weighted by molar-refractivity contribution is 6.23. The predicted molar refractivity (Wildman–Crippen MR) is 264 cm³/mol. The van der Waals surface area contributed by atoms with Crippen molar-refractivity contribution in [2.24, 2.45) is 5.92 Å². The summed E-state index contributed by atoms with van der Waals surface area (Å²) in [5.41, 5.74) is 2.17. The molecule has 0 bridgehead atoms. The minimum Gasteiger partial charge on any atom is -0.508 e. The summed E-state index contributed by atoms with van der Waals surface area (Å²) in [5.74, 6) is 3.72. The molecule has 15 heteroatoms. The van der Waals surface area contributed by atoms with Crippen molar-refractivity contribution < 1.29 is 38.5 Å². The van der Waals surface area contributed by atoms with E-state index in [1.807, 2.05) is 95.7 Å². The van der Waals surface area contributed by atoms with Crippen molar-refractivity contribution in [1.29, 1.82) is 0 Å². The van der Waals surface area contributed by atoms with Crippen LogP contribution >= 0.6 is 0 Å². The number of rotatable bonds is 11. The number of hydrogen-bond acceptors (Lipinski definition) is 13. The number of fused-ring (bicyclic) bond motifs is 3. The van der Waals surface area contributed by atoms with Crippen LogP contribution in [0.5, 0.6) is 5.75 Å². The van der Waals surface area contributed by atoms with Gasteiger partial charge < -0.3 is 29.1 Å². The second kappa shape index (κ2) is 20.2. The Morgan fingerprint density at radius 2 is 1.45 bits per heavy atom. The summed E-state index contributed by atoms with van der Waals surface area (Å²) in [5, 5.41) is 10.8. The summed E-state index contributed by atoms with van der Waals surface area (Å²) in [6.45, 7) is 2.17. The maximum atomic E-state index is 16.5. The number of imide groups is 1. The number of benzene rings is 5. The Balaban J connectivity index is 1.19. The second-order valence-electron chi connectivity index (χ2n) is 18.2. The topological polar surface area (TPSA) is 158 Å². The maximum Gasteiger partial charge on any atom is 0.421 e. The molecule has 10 rings (SSSR count). The van der Waals surface area contributed by atoms with E-state index in [-0.39, 0.29) is 37.7 Å². The molecule has 0 unspecified atom stereocenters. The van der Waals surface area contributed by atoms with Crippen molar-refractivity contribution in [3.8, 4) is 17.6 Å². The van der Waals surface area contributed by atoms with Crippen LogP contribution in [0, 0.1) is 17.8 Å². The molecule has 15 nitrogen and oxygen atoms in total. The number of phenols is 1. The van der Waals surface area contributed by atoms with Crippen molar-refractivity contribution in [1.82, 2.24) is 24.7 Å². The van der Waals surface area contributed by atoms with Gasteiger partial charge in [0.25, 0.3) is 0 Å². The molecule has 1 spiro atoms. The van der Waals surface area contributed by atoms with E-state index in [9.17, 15) is 9.90 Å². The van der Waals surface area contributed by atoms with Gasteiger partial charge in [-0.3, -0.25) is 24.2 Å². The fourth-order valence-corrected chi connectivity index (χ4v) is 10.9. The van der Waals surface area contributed by atoms with E-state index in [0.29, 0.717) is 54.4 Å². The molecule has 5 heterocycles. The second-order valence-corrected chi connectivity index (χ2v) is 18.2. The third-order valence-corrected chi connectivity index (χ3v) is 13.9. The zero-order valence-corrected chi connectivity index (χ0v) is 39.4. The molecular formula is C56H53N7O8. The van der Waals surface area contributed by atoms with E-state index in [1.165, 1.54) is 19.2 Å². The third kappa shape index (κ3) is 8.75. The number of carbonyl (C=O) groups is 4. The molecule has 71 heavy (non-hydrogen) atoms. The smallest absolute Gasteiger partial charge is 0.421 e. The Morgan fingerprint density at radius 3 is 2.13 bits per heavy atom. The Labute approximate surface area is 412 Å². The summed E-state index contributed by atoms with van der Waals surface area (Å²) in [7, 11) is 3.46. The first kappa shape index (κ1) is 46.8. The highest BCUT2D eigenvalue weighted by atomic mass is 16.6. The minimum absolute atomic E-state index is 0.0265. The fraction of sp³-hybridized carbons (Fsp3) is 0.286. The molecule has 3 amide bonds. The number of ether oxygens (including phenoxy) is 3. The van der Waals surface area contributed by atoms with Crippen molar-refractivity contribution in [2.75, 3.05) is 69.9 Å². The zero-order valence-electron chi connectivity index (χ0n) is 39.4. The van der Waals surface area contributed by atoms with Crippen molar-refractivity contribution in [2.45, 2.75) is 36.2 Å². The quantitative estimate of drug-likeness (QED) is 0.0858. The minimum atomic E-state index is -2.01. The molecule has 3 fully saturated rings. The maximum absolute atomic E-state index is 16.5. The van der Waals surface area contributed by atoms with E-state index < -0.39 is 59.4 Å². The van der Waals surface area contributed by atoms with Gasteiger partial charge in [0.05, 0.1) is 36.8 Å². The average Bonchev–Trinajstić information content (AvgIpc) is 3.86. The number of amides is 3. The highest BCUT2D eigenvalue weighted by Crippen LogP contribution is 2.66. The first-order valence-corrected chi connectivity index (χ1v) is 23.7. The zero-order chi connectivity index (χ0) is 49.1. The van der Waals surface area contributed by atoms with Crippen LogP contribution in [0.25, 0.3) is 0 Å². The Kier molecular flexibility index (Phi) is 13.3. The lowest BCUT2D eigenvalue weighted by molar-refractivity contribution is -0.179. The molecule has 3 saturated heterocycles. The van der Waals surface area contributed by atoms with Crippen LogP contribution in [0.3, 0.4) is 0 Å². The number of phenolic OH excluding ortho intramolecular Hbond substituents is 1. The van der Waals surface area contributed by atoms with Crippen LogP contribution in [0.4, 0.5) is 16.4 Å². The molecule has 6 aromatic rings. The number of cyclic esters (lactones) is 1. The van der Waals surface area contributed by atoms with Crippen LogP contribution in [-0.2, 0) is 40.6 Å². The third-order valence-electron chi connectivity index (χ3n) is 13.9. The van der Waals surface area contributed by atoms with Gasteiger partial charge in [0.2, 0.25) is 17.8 Å². The summed E-state index contributed by atoms with van der Waals surface area (Å²) >= 11 is 0. The average molecular weight is 952 g/mol. The van der Waals surface area contributed by atoms with E-state index in [1.54, 1.807) is 53.7 Å². The van der Waals surface area contributed by atoms with Gasteiger partial charge in [0.1, 0.15) is 29.9 Å². The first-order valence-electron chi connectivity index (χ1n) is 23.7. The number of piperazine rings is 1. The summed E-state index contributed by atoms with van der Waals surface area (Å²) in [6, 6.07) is 39.2. The first-order chi connectivity index (χ1) is 34.7. The molecule has 360 valence electrons. The van der Waals surface area contributed by atoms with Crippen molar-refractivity contribution >= 4 is 35.5 Å². The van der Waals surface area contributed by atoms with Gasteiger partial charge in [-0.2, -0.15) is 0 Å². The lowest BCUT2D eigenvalue weighted by Gasteiger charge is -2.46. The van der Waals surface area contributed by atoms with E-state index in [4.69, 9.17) is 14.2 Å². The largest absolute Gasteiger partial charge is 0.508 e. The normalized spacial score (nSPS) is 22.7. The predicted octanol–water partition coefficient (Wildman–Crippen LogP) is 6.46. The molecular weight excluding hydrogens is 899 g/mol. The lowest BCUT2D eigenvalue weighted by Crippen LogP contribution is -2.59. The molecule has 4 aliphatic heterocycles. The summed E-state index contributed by atoms with van der Waals surface area (Å²) < 4.78 is 17.6. The number of carbonyl (C=O) groups excluding carboxylic acids is 4. The molecule has 6 atom stereocenters.